The normalized spacial score (nSPS) is 45.3. The Morgan fingerprint density at radius 3 is 2.64 bits per heavy atom. The molecule has 2 aliphatic rings. The third-order valence-corrected chi connectivity index (χ3v) is 5.60. The zero-order valence-corrected chi connectivity index (χ0v) is 9.73. The van der Waals surface area contributed by atoms with Crippen molar-refractivity contribution in [1.82, 2.24) is 5.32 Å². The van der Waals surface area contributed by atoms with E-state index >= 15 is 0 Å². The molecule has 2 fully saturated rings. The van der Waals surface area contributed by atoms with Crippen LogP contribution in [0.5, 0.6) is 0 Å². The van der Waals surface area contributed by atoms with Crippen LogP contribution in [-0.2, 0) is 9.84 Å². The molecule has 0 aromatic rings. The van der Waals surface area contributed by atoms with Gasteiger partial charge in [-0.05, 0) is 24.7 Å². The van der Waals surface area contributed by atoms with Gasteiger partial charge in [0.25, 0.3) is 0 Å². The SMILES string of the molecule is CCC1(C)CC1NC1CCS(=O)(=O)C1. The topological polar surface area (TPSA) is 46.2 Å². The number of rotatable bonds is 3. The highest BCUT2D eigenvalue weighted by molar-refractivity contribution is 7.91. The predicted octanol–water partition coefficient (Wildman–Crippen LogP) is 0.952. The first-order chi connectivity index (χ1) is 6.45. The Hall–Kier alpha value is -0.0900. The molecule has 3 nitrogen and oxygen atoms in total. The third kappa shape index (κ3) is 1.96. The van der Waals surface area contributed by atoms with E-state index in [0.29, 0.717) is 23.0 Å². The van der Waals surface area contributed by atoms with E-state index in [9.17, 15) is 8.42 Å². The lowest BCUT2D eigenvalue weighted by atomic mass is 10.1. The van der Waals surface area contributed by atoms with Gasteiger partial charge < -0.3 is 5.32 Å². The van der Waals surface area contributed by atoms with Crippen LogP contribution in [0.1, 0.15) is 33.1 Å². The summed E-state index contributed by atoms with van der Waals surface area (Å²) < 4.78 is 22.5. The van der Waals surface area contributed by atoms with Gasteiger partial charge in [0, 0.05) is 12.1 Å². The van der Waals surface area contributed by atoms with Crippen LogP contribution < -0.4 is 5.32 Å². The lowest BCUT2D eigenvalue weighted by Crippen LogP contribution is -2.34. The summed E-state index contributed by atoms with van der Waals surface area (Å²) >= 11 is 0. The van der Waals surface area contributed by atoms with Crippen molar-refractivity contribution in [3.8, 4) is 0 Å². The van der Waals surface area contributed by atoms with Gasteiger partial charge in [0.05, 0.1) is 11.5 Å². The summed E-state index contributed by atoms with van der Waals surface area (Å²) in [5, 5.41) is 3.47. The van der Waals surface area contributed by atoms with E-state index in [1.165, 1.54) is 12.8 Å². The lowest BCUT2D eigenvalue weighted by molar-refractivity contribution is 0.448. The van der Waals surface area contributed by atoms with Crippen molar-refractivity contribution >= 4 is 9.84 Å². The van der Waals surface area contributed by atoms with Crippen LogP contribution >= 0.6 is 0 Å². The fraction of sp³-hybridized carbons (Fsp3) is 1.00. The van der Waals surface area contributed by atoms with Gasteiger partial charge in [-0.2, -0.15) is 0 Å². The first-order valence-electron chi connectivity index (χ1n) is 5.42. The van der Waals surface area contributed by atoms with E-state index in [4.69, 9.17) is 0 Å². The van der Waals surface area contributed by atoms with E-state index < -0.39 is 9.84 Å². The van der Waals surface area contributed by atoms with Crippen LogP contribution in [0.15, 0.2) is 0 Å². The van der Waals surface area contributed by atoms with Gasteiger partial charge in [-0.25, -0.2) is 8.42 Å². The molecule has 3 atom stereocenters. The Bertz CT molecular complexity index is 325. The summed E-state index contributed by atoms with van der Waals surface area (Å²) in [6.45, 7) is 4.47. The molecule has 3 unspecified atom stereocenters. The molecular formula is C10H19NO2S. The molecule has 1 heterocycles. The average molecular weight is 217 g/mol. The molecule has 2 rings (SSSR count). The Labute approximate surface area is 86.2 Å². The fourth-order valence-corrected chi connectivity index (χ4v) is 3.96. The minimum absolute atomic E-state index is 0.221. The van der Waals surface area contributed by atoms with Gasteiger partial charge in [0.1, 0.15) is 0 Å². The number of hydrogen-bond donors (Lipinski definition) is 1. The van der Waals surface area contributed by atoms with Crippen molar-refractivity contribution in [3.05, 3.63) is 0 Å². The maximum Gasteiger partial charge on any atom is 0.151 e. The Balaban J connectivity index is 1.84. The van der Waals surface area contributed by atoms with Crippen LogP contribution in [0.2, 0.25) is 0 Å². The molecular weight excluding hydrogens is 198 g/mol. The van der Waals surface area contributed by atoms with Crippen LogP contribution in [0.4, 0.5) is 0 Å². The second kappa shape index (κ2) is 3.20. The van der Waals surface area contributed by atoms with E-state index in [-0.39, 0.29) is 6.04 Å². The van der Waals surface area contributed by atoms with Crippen molar-refractivity contribution < 1.29 is 8.42 Å². The first-order valence-corrected chi connectivity index (χ1v) is 7.24. The van der Waals surface area contributed by atoms with Gasteiger partial charge in [0.15, 0.2) is 9.84 Å². The van der Waals surface area contributed by atoms with Crippen LogP contribution in [-0.4, -0.2) is 32.0 Å². The monoisotopic (exact) mass is 217 g/mol. The van der Waals surface area contributed by atoms with Crippen LogP contribution in [0.25, 0.3) is 0 Å². The second-order valence-corrected chi connectivity index (χ2v) is 7.26. The quantitative estimate of drug-likeness (QED) is 0.765. The number of hydrogen-bond acceptors (Lipinski definition) is 3. The fourth-order valence-electron chi connectivity index (χ4n) is 2.27. The number of sulfone groups is 1. The minimum atomic E-state index is -2.72. The summed E-state index contributed by atoms with van der Waals surface area (Å²) in [5.74, 6) is 0.726. The second-order valence-electron chi connectivity index (χ2n) is 5.03. The van der Waals surface area contributed by atoms with Gasteiger partial charge in [-0.1, -0.05) is 13.8 Å². The summed E-state index contributed by atoms with van der Waals surface area (Å²) in [7, 11) is -2.72. The van der Waals surface area contributed by atoms with Crippen LogP contribution in [0, 0.1) is 5.41 Å². The van der Waals surface area contributed by atoms with Crippen molar-refractivity contribution in [2.45, 2.75) is 45.2 Å². The molecule has 82 valence electrons. The molecule has 1 N–H and O–H groups in total. The number of nitrogens with one attached hydrogen (secondary N) is 1. The molecule has 1 aliphatic heterocycles. The largest absolute Gasteiger partial charge is 0.310 e. The van der Waals surface area contributed by atoms with Crippen molar-refractivity contribution in [1.29, 1.82) is 0 Å². The van der Waals surface area contributed by atoms with Gasteiger partial charge >= 0.3 is 0 Å². The smallest absolute Gasteiger partial charge is 0.151 e. The predicted molar refractivity (Wildman–Crippen MR) is 57.0 cm³/mol. The van der Waals surface area contributed by atoms with Crippen LogP contribution in [0.3, 0.4) is 0 Å². The van der Waals surface area contributed by atoms with E-state index in [1.54, 1.807) is 0 Å². The Kier molecular flexibility index (Phi) is 2.39. The maximum absolute atomic E-state index is 11.2. The molecule has 4 heteroatoms. The average Bonchev–Trinajstić information content (AvgIpc) is 2.60. The Morgan fingerprint density at radius 2 is 2.21 bits per heavy atom. The molecule has 0 amide bonds. The van der Waals surface area contributed by atoms with Gasteiger partial charge in [0.2, 0.25) is 0 Å². The summed E-state index contributed by atoms with van der Waals surface area (Å²) in [5.41, 5.74) is 0.437. The third-order valence-electron chi connectivity index (χ3n) is 3.83. The summed E-state index contributed by atoms with van der Waals surface area (Å²) in [6.07, 6.45) is 3.20. The van der Waals surface area contributed by atoms with Gasteiger partial charge in [-0.3, -0.25) is 0 Å². The molecule has 0 aromatic carbocycles. The first kappa shape index (κ1) is 10.4. The van der Waals surface area contributed by atoms with E-state index in [0.717, 1.165) is 6.42 Å². The van der Waals surface area contributed by atoms with E-state index in [1.807, 2.05) is 0 Å². The molecule has 1 aliphatic carbocycles. The zero-order valence-electron chi connectivity index (χ0n) is 8.91. The molecule has 1 saturated heterocycles. The minimum Gasteiger partial charge on any atom is -0.310 e. The molecule has 0 radical (unpaired) electrons. The highest BCUT2D eigenvalue weighted by Crippen LogP contribution is 2.48. The lowest BCUT2D eigenvalue weighted by Gasteiger charge is -2.13. The highest BCUT2D eigenvalue weighted by atomic mass is 32.2. The summed E-state index contributed by atoms with van der Waals surface area (Å²) in [4.78, 5) is 0. The van der Waals surface area contributed by atoms with Gasteiger partial charge in [-0.15, -0.1) is 0 Å². The summed E-state index contributed by atoms with van der Waals surface area (Å²) in [6, 6.07) is 0.782. The zero-order chi connectivity index (χ0) is 10.4. The standard InChI is InChI=1S/C10H19NO2S/c1-3-10(2)6-9(10)11-8-4-5-14(12,13)7-8/h8-9,11H,3-7H2,1-2H3. The molecule has 0 spiro atoms. The maximum atomic E-state index is 11.2. The van der Waals surface area contributed by atoms with Crippen molar-refractivity contribution in [3.63, 3.8) is 0 Å². The van der Waals surface area contributed by atoms with Crippen molar-refractivity contribution in [2.75, 3.05) is 11.5 Å². The molecule has 14 heavy (non-hydrogen) atoms. The van der Waals surface area contributed by atoms with Crippen molar-refractivity contribution in [2.24, 2.45) is 5.41 Å². The molecule has 0 aromatic heterocycles. The Morgan fingerprint density at radius 1 is 1.50 bits per heavy atom. The van der Waals surface area contributed by atoms with E-state index in [2.05, 4.69) is 19.2 Å². The molecule has 1 saturated carbocycles. The highest BCUT2D eigenvalue weighted by Gasteiger charge is 2.49. The molecule has 0 bridgehead atoms.